The van der Waals surface area contributed by atoms with Gasteiger partial charge in [-0.2, -0.15) is 13.2 Å². The fourth-order valence-electron chi connectivity index (χ4n) is 3.39. The number of benzene rings is 1. The van der Waals surface area contributed by atoms with E-state index >= 15 is 0 Å². The number of carbonyl (C=O) groups excluding carboxylic acids is 3. The number of aromatic nitrogens is 1. The molecule has 0 aliphatic carbocycles. The standard InChI is InChI=1S/C20H22N6O3.C2HF3O2/c27-18-5-9-26(20(29)24-18)16-3-1-2-14(12-16)19(28)23-15-4-6-22-17(13-15)25-10-7-21-8-11-25;3-2(4,5)1(6)7/h1-4,6,12-13,21H,5,7-11H2,(H,22,23,28)(H,24,27,29);(H,6,7). The molecule has 1 aromatic carbocycles. The van der Waals surface area contributed by atoms with Crippen LogP contribution in [-0.2, 0) is 9.59 Å². The largest absolute Gasteiger partial charge is 0.490 e. The highest BCUT2D eigenvalue weighted by Gasteiger charge is 2.38. The number of amides is 4. The Hall–Kier alpha value is -4.20. The van der Waals surface area contributed by atoms with Crippen molar-refractivity contribution in [2.24, 2.45) is 0 Å². The number of aliphatic carboxylic acids is 1. The minimum atomic E-state index is -5.08. The van der Waals surface area contributed by atoms with Crippen LogP contribution >= 0.6 is 0 Å². The minimum absolute atomic E-state index is 0.230. The fraction of sp³-hybridized carbons (Fsp3) is 0.318. The Morgan fingerprint density at radius 2 is 1.75 bits per heavy atom. The molecule has 2 fully saturated rings. The number of nitrogens with one attached hydrogen (secondary N) is 3. The van der Waals surface area contributed by atoms with E-state index < -0.39 is 18.2 Å². The molecule has 2 aliphatic rings. The average molecular weight is 508 g/mol. The highest BCUT2D eigenvalue weighted by Crippen LogP contribution is 2.21. The van der Waals surface area contributed by atoms with Crippen LogP contribution < -0.4 is 25.8 Å². The van der Waals surface area contributed by atoms with Crippen molar-refractivity contribution in [2.45, 2.75) is 12.6 Å². The molecule has 0 radical (unpaired) electrons. The molecule has 4 rings (SSSR count). The summed E-state index contributed by atoms with van der Waals surface area (Å²) in [7, 11) is 0. The Morgan fingerprint density at radius 3 is 2.39 bits per heavy atom. The van der Waals surface area contributed by atoms with Crippen molar-refractivity contribution >= 4 is 41.0 Å². The summed E-state index contributed by atoms with van der Waals surface area (Å²) in [6.45, 7) is 3.83. The Kier molecular flexibility index (Phi) is 8.42. The van der Waals surface area contributed by atoms with Crippen LogP contribution in [0.2, 0.25) is 0 Å². The summed E-state index contributed by atoms with van der Waals surface area (Å²) in [4.78, 5) is 53.0. The van der Waals surface area contributed by atoms with Gasteiger partial charge >= 0.3 is 18.2 Å². The van der Waals surface area contributed by atoms with Gasteiger partial charge in [-0.3, -0.25) is 19.8 Å². The minimum Gasteiger partial charge on any atom is -0.475 e. The predicted octanol–water partition coefficient (Wildman–Crippen LogP) is 1.82. The van der Waals surface area contributed by atoms with E-state index in [9.17, 15) is 27.6 Å². The van der Waals surface area contributed by atoms with Crippen molar-refractivity contribution in [1.29, 1.82) is 0 Å². The molecule has 3 heterocycles. The van der Waals surface area contributed by atoms with E-state index in [1.165, 1.54) is 4.90 Å². The number of nitrogens with zero attached hydrogens (tertiary/aromatic N) is 3. The lowest BCUT2D eigenvalue weighted by molar-refractivity contribution is -0.192. The number of anilines is 3. The molecule has 36 heavy (non-hydrogen) atoms. The molecule has 2 aliphatic heterocycles. The lowest BCUT2D eigenvalue weighted by Gasteiger charge is -2.28. The van der Waals surface area contributed by atoms with Gasteiger partial charge in [0, 0.05) is 68.3 Å². The molecule has 0 spiro atoms. The Balaban J connectivity index is 0.000000454. The van der Waals surface area contributed by atoms with Crippen molar-refractivity contribution in [3.8, 4) is 0 Å². The number of imide groups is 1. The molecule has 0 bridgehead atoms. The van der Waals surface area contributed by atoms with Gasteiger partial charge in [-0.25, -0.2) is 14.6 Å². The first-order chi connectivity index (χ1) is 17.0. The molecule has 192 valence electrons. The fourth-order valence-corrected chi connectivity index (χ4v) is 3.39. The van der Waals surface area contributed by atoms with Gasteiger partial charge in [0.05, 0.1) is 0 Å². The van der Waals surface area contributed by atoms with Crippen LogP contribution in [0.1, 0.15) is 16.8 Å². The highest BCUT2D eigenvalue weighted by molar-refractivity contribution is 6.08. The van der Waals surface area contributed by atoms with Crippen LogP contribution in [0.25, 0.3) is 0 Å². The molecule has 0 atom stereocenters. The number of urea groups is 1. The van der Waals surface area contributed by atoms with Gasteiger partial charge in [0.25, 0.3) is 5.91 Å². The maximum absolute atomic E-state index is 12.7. The van der Waals surface area contributed by atoms with Gasteiger partial charge in [-0.15, -0.1) is 0 Å². The van der Waals surface area contributed by atoms with Crippen molar-refractivity contribution in [3.05, 3.63) is 48.2 Å². The first-order valence-electron chi connectivity index (χ1n) is 10.8. The molecule has 1 aromatic heterocycles. The van der Waals surface area contributed by atoms with Gasteiger partial charge in [0.1, 0.15) is 5.82 Å². The number of piperazine rings is 1. The monoisotopic (exact) mass is 508 g/mol. The van der Waals surface area contributed by atoms with Crippen molar-refractivity contribution in [2.75, 3.05) is 47.8 Å². The number of rotatable bonds is 4. The molecule has 2 aromatic rings. The quantitative estimate of drug-likeness (QED) is 0.490. The number of hydrogen-bond acceptors (Lipinski definition) is 7. The summed E-state index contributed by atoms with van der Waals surface area (Å²) >= 11 is 0. The Bertz CT molecular complexity index is 1140. The number of hydrogen-bond donors (Lipinski definition) is 4. The molecule has 0 saturated carbocycles. The Morgan fingerprint density at radius 1 is 1.06 bits per heavy atom. The number of carboxylic acids is 1. The number of pyridine rings is 1. The lowest BCUT2D eigenvalue weighted by atomic mass is 10.1. The van der Waals surface area contributed by atoms with E-state index in [0.29, 0.717) is 16.9 Å². The lowest BCUT2D eigenvalue weighted by Crippen LogP contribution is -2.49. The topological polar surface area (TPSA) is 144 Å². The zero-order chi connectivity index (χ0) is 26.3. The van der Waals surface area contributed by atoms with E-state index in [1.807, 2.05) is 6.07 Å². The van der Waals surface area contributed by atoms with Crippen molar-refractivity contribution in [3.63, 3.8) is 0 Å². The van der Waals surface area contributed by atoms with E-state index in [0.717, 1.165) is 32.0 Å². The number of carbonyl (C=O) groups is 4. The van der Waals surface area contributed by atoms with Gasteiger partial charge in [0.15, 0.2) is 0 Å². The maximum Gasteiger partial charge on any atom is 0.490 e. The zero-order valence-corrected chi connectivity index (χ0v) is 18.8. The number of halogens is 3. The van der Waals surface area contributed by atoms with Crippen LogP contribution in [0.5, 0.6) is 0 Å². The molecule has 4 amide bonds. The highest BCUT2D eigenvalue weighted by atomic mass is 19.4. The third-order valence-electron chi connectivity index (χ3n) is 5.16. The smallest absolute Gasteiger partial charge is 0.475 e. The summed E-state index contributed by atoms with van der Waals surface area (Å²) in [6, 6.07) is 9.91. The summed E-state index contributed by atoms with van der Waals surface area (Å²) in [5.74, 6) is -2.50. The van der Waals surface area contributed by atoms with Crippen LogP contribution in [0.4, 0.5) is 35.2 Å². The molecule has 2 saturated heterocycles. The van der Waals surface area contributed by atoms with Gasteiger partial charge in [0.2, 0.25) is 5.91 Å². The summed E-state index contributed by atoms with van der Waals surface area (Å²) in [6.07, 6.45) is -3.17. The zero-order valence-electron chi connectivity index (χ0n) is 18.8. The first-order valence-corrected chi connectivity index (χ1v) is 10.8. The van der Waals surface area contributed by atoms with Crippen molar-refractivity contribution < 1.29 is 37.5 Å². The van der Waals surface area contributed by atoms with Crippen LogP contribution in [-0.4, -0.2) is 72.8 Å². The van der Waals surface area contributed by atoms with Gasteiger partial charge < -0.3 is 20.6 Å². The van der Waals surface area contributed by atoms with E-state index in [-0.39, 0.29) is 24.8 Å². The molecule has 0 unspecified atom stereocenters. The molecule has 4 N–H and O–H groups in total. The van der Waals surface area contributed by atoms with Crippen LogP contribution in [0.15, 0.2) is 42.6 Å². The summed E-state index contributed by atoms with van der Waals surface area (Å²) in [5.41, 5.74) is 1.65. The van der Waals surface area contributed by atoms with E-state index in [2.05, 4.69) is 25.8 Å². The first kappa shape index (κ1) is 26.4. The Labute approximate surface area is 203 Å². The van der Waals surface area contributed by atoms with Crippen LogP contribution in [0.3, 0.4) is 0 Å². The van der Waals surface area contributed by atoms with Crippen LogP contribution in [0, 0.1) is 0 Å². The van der Waals surface area contributed by atoms with E-state index in [4.69, 9.17) is 9.90 Å². The molecule has 14 heteroatoms. The second-order valence-corrected chi connectivity index (χ2v) is 7.70. The van der Waals surface area contributed by atoms with Crippen molar-refractivity contribution in [1.82, 2.24) is 15.6 Å². The predicted molar refractivity (Wildman–Crippen MR) is 123 cm³/mol. The summed E-state index contributed by atoms with van der Waals surface area (Å²) in [5, 5.41) is 15.6. The average Bonchev–Trinajstić information content (AvgIpc) is 2.84. The van der Waals surface area contributed by atoms with Gasteiger partial charge in [-0.05, 0) is 24.3 Å². The number of alkyl halides is 3. The molecular weight excluding hydrogens is 485 g/mol. The van der Waals surface area contributed by atoms with E-state index in [1.54, 1.807) is 36.5 Å². The summed E-state index contributed by atoms with van der Waals surface area (Å²) < 4.78 is 31.7. The van der Waals surface area contributed by atoms with Gasteiger partial charge in [-0.1, -0.05) is 6.07 Å². The third-order valence-corrected chi connectivity index (χ3v) is 5.16. The normalized spacial score (nSPS) is 16.0. The number of carboxylic acid groups (broad SMARTS) is 1. The third kappa shape index (κ3) is 7.15. The maximum atomic E-state index is 12.7. The second kappa shape index (κ2) is 11.5. The molecular formula is C22H23F3N6O5. The SMILES string of the molecule is O=C(O)C(F)(F)F.O=C1CCN(c2cccc(C(=O)Nc3ccnc(N4CCNCC4)c3)c2)C(=O)N1. The molecule has 11 nitrogen and oxygen atoms in total. The second-order valence-electron chi connectivity index (χ2n) is 7.70.